The standard InChI is InChI=1S/C17H17N9O2/c1-27-10-12-9-18-16(26-20-5-6-21-26)24-15(12)14-8-13(11-28-2)22-17(23-14)25-7-3-4-19-25/h3-9H,10-11H2,1-2H3. The van der Waals surface area contributed by atoms with Crippen molar-refractivity contribution in [2.45, 2.75) is 13.2 Å². The van der Waals surface area contributed by atoms with Gasteiger partial charge in [-0.05, 0) is 12.1 Å². The van der Waals surface area contributed by atoms with Gasteiger partial charge in [0, 0.05) is 38.4 Å². The van der Waals surface area contributed by atoms with Crippen molar-refractivity contribution in [2.75, 3.05) is 14.2 Å². The van der Waals surface area contributed by atoms with Gasteiger partial charge in [-0.15, -0.1) is 4.80 Å². The van der Waals surface area contributed by atoms with Gasteiger partial charge in [0.15, 0.2) is 0 Å². The molecule has 0 atom stereocenters. The summed E-state index contributed by atoms with van der Waals surface area (Å²) in [6, 6.07) is 3.62. The first-order valence-corrected chi connectivity index (χ1v) is 8.37. The van der Waals surface area contributed by atoms with Gasteiger partial charge in [0.1, 0.15) is 5.69 Å². The molecule has 0 bridgehead atoms. The summed E-state index contributed by atoms with van der Waals surface area (Å²) < 4.78 is 12.1. The summed E-state index contributed by atoms with van der Waals surface area (Å²) >= 11 is 0. The zero-order chi connectivity index (χ0) is 19.3. The van der Waals surface area contributed by atoms with Crippen LogP contribution >= 0.6 is 0 Å². The maximum atomic E-state index is 5.30. The molecule has 28 heavy (non-hydrogen) atoms. The Morgan fingerprint density at radius 1 is 0.893 bits per heavy atom. The van der Waals surface area contributed by atoms with Crippen molar-refractivity contribution < 1.29 is 9.47 Å². The van der Waals surface area contributed by atoms with Crippen LogP contribution in [-0.2, 0) is 22.7 Å². The molecule has 0 amide bonds. The van der Waals surface area contributed by atoms with Crippen LogP contribution in [0.3, 0.4) is 0 Å². The van der Waals surface area contributed by atoms with E-state index in [0.717, 1.165) is 5.56 Å². The van der Waals surface area contributed by atoms with Crippen molar-refractivity contribution in [1.29, 1.82) is 0 Å². The minimum absolute atomic E-state index is 0.321. The highest BCUT2D eigenvalue weighted by molar-refractivity contribution is 5.60. The van der Waals surface area contributed by atoms with E-state index in [-0.39, 0.29) is 0 Å². The van der Waals surface area contributed by atoms with Crippen LogP contribution in [0.15, 0.2) is 43.1 Å². The van der Waals surface area contributed by atoms with Gasteiger partial charge in [-0.1, -0.05) is 0 Å². The molecule has 4 aromatic heterocycles. The molecule has 0 saturated heterocycles. The Hall–Kier alpha value is -3.57. The molecule has 142 valence electrons. The van der Waals surface area contributed by atoms with Gasteiger partial charge in [0.25, 0.3) is 11.9 Å². The molecule has 0 radical (unpaired) electrons. The lowest BCUT2D eigenvalue weighted by atomic mass is 10.1. The van der Waals surface area contributed by atoms with Crippen LogP contribution in [0.5, 0.6) is 0 Å². The summed E-state index contributed by atoms with van der Waals surface area (Å²) in [6.07, 6.45) is 8.22. The largest absolute Gasteiger partial charge is 0.380 e. The summed E-state index contributed by atoms with van der Waals surface area (Å²) in [5, 5.41) is 12.4. The van der Waals surface area contributed by atoms with Crippen molar-refractivity contribution in [3.63, 3.8) is 0 Å². The number of ether oxygens (including phenoxy) is 2. The van der Waals surface area contributed by atoms with E-state index in [1.807, 2.05) is 6.07 Å². The number of rotatable bonds is 7. The normalized spacial score (nSPS) is 11.1. The number of methoxy groups -OCH3 is 2. The van der Waals surface area contributed by atoms with Crippen LogP contribution in [0.2, 0.25) is 0 Å². The molecule has 0 aliphatic heterocycles. The molecule has 4 heterocycles. The summed E-state index contributed by atoms with van der Waals surface area (Å²) in [5.41, 5.74) is 2.65. The van der Waals surface area contributed by atoms with Crippen LogP contribution in [0, 0.1) is 0 Å². The first-order valence-electron chi connectivity index (χ1n) is 8.37. The Labute approximate surface area is 160 Å². The molecule has 0 unspecified atom stereocenters. The molecule has 0 spiro atoms. The molecule has 4 aromatic rings. The van der Waals surface area contributed by atoms with E-state index in [9.17, 15) is 0 Å². The molecular weight excluding hydrogens is 362 g/mol. The molecule has 0 saturated carbocycles. The van der Waals surface area contributed by atoms with Crippen LogP contribution in [0.25, 0.3) is 23.3 Å². The van der Waals surface area contributed by atoms with Crippen LogP contribution in [0.4, 0.5) is 0 Å². The lowest BCUT2D eigenvalue weighted by Gasteiger charge is -2.11. The Kier molecular flexibility index (Phi) is 5.08. The van der Waals surface area contributed by atoms with Gasteiger partial charge >= 0.3 is 0 Å². The third kappa shape index (κ3) is 3.61. The first kappa shape index (κ1) is 17.8. The predicted octanol–water partition coefficient (Wildman–Crippen LogP) is 0.993. The van der Waals surface area contributed by atoms with Gasteiger partial charge in [-0.2, -0.15) is 15.3 Å². The number of nitrogens with zero attached hydrogens (tertiary/aromatic N) is 9. The van der Waals surface area contributed by atoms with Gasteiger partial charge < -0.3 is 9.47 Å². The molecule has 4 rings (SSSR count). The molecule has 0 aliphatic carbocycles. The highest BCUT2D eigenvalue weighted by atomic mass is 16.5. The molecule has 11 heteroatoms. The fourth-order valence-corrected chi connectivity index (χ4v) is 2.61. The van der Waals surface area contributed by atoms with Crippen molar-refractivity contribution in [1.82, 2.24) is 44.7 Å². The number of aromatic nitrogens is 9. The van der Waals surface area contributed by atoms with E-state index < -0.39 is 0 Å². The van der Waals surface area contributed by atoms with E-state index >= 15 is 0 Å². The van der Waals surface area contributed by atoms with Crippen molar-refractivity contribution in [2.24, 2.45) is 0 Å². The molecule has 11 nitrogen and oxygen atoms in total. The summed E-state index contributed by atoms with van der Waals surface area (Å²) in [6.45, 7) is 0.644. The highest BCUT2D eigenvalue weighted by Crippen LogP contribution is 2.22. The Bertz CT molecular complexity index is 1050. The lowest BCUT2D eigenvalue weighted by molar-refractivity contribution is 0.181. The Morgan fingerprint density at radius 2 is 1.71 bits per heavy atom. The van der Waals surface area contributed by atoms with Crippen molar-refractivity contribution >= 4 is 0 Å². The molecule has 0 N–H and O–H groups in total. The third-order valence-corrected chi connectivity index (χ3v) is 3.76. The Balaban J connectivity index is 1.87. The van der Waals surface area contributed by atoms with E-state index in [1.165, 1.54) is 4.80 Å². The topological polar surface area (TPSA) is 119 Å². The van der Waals surface area contributed by atoms with Gasteiger partial charge in [0.05, 0.1) is 37.0 Å². The fourth-order valence-electron chi connectivity index (χ4n) is 2.61. The van der Waals surface area contributed by atoms with Crippen LogP contribution in [-0.4, -0.2) is 58.9 Å². The molecule has 0 aliphatic rings. The second kappa shape index (κ2) is 7.98. The smallest absolute Gasteiger partial charge is 0.269 e. The fraction of sp³-hybridized carbons (Fsp3) is 0.235. The second-order valence-electron chi connectivity index (χ2n) is 5.72. The third-order valence-electron chi connectivity index (χ3n) is 3.76. The summed E-state index contributed by atoms with van der Waals surface area (Å²) in [7, 11) is 3.22. The Morgan fingerprint density at radius 3 is 2.43 bits per heavy atom. The molecular formula is C17H17N9O2. The zero-order valence-corrected chi connectivity index (χ0v) is 15.3. The van der Waals surface area contributed by atoms with Gasteiger partial charge in [-0.25, -0.2) is 24.6 Å². The number of hydrogen-bond acceptors (Lipinski definition) is 9. The number of hydrogen-bond donors (Lipinski definition) is 0. The minimum atomic E-state index is 0.321. The van der Waals surface area contributed by atoms with Crippen LogP contribution in [0.1, 0.15) is 11.3 Å². The maximum absolute atomic E-state index is 5.30. The average molecular weight is 379 g/mol. The first-order chi connectivity index (χ1) is 13.8. The minimum Gasteiger partial charge on any atom is -0.380 e. The average Bonchev–Trinajstić information content (AvgIpc) is 3.43. The molecule has 0 fully saturated rings. The lowest BCUT2D eigenvalue weighted by Crippen LogP contribution is -2.10. The monoisotopic (exact) mass is 379 g/mol. The van der Waals surface area contributed by atoms with Gasteiger partial charge in [0.2, 0.25) is 0 Å². The zero-order valence-electron chi connectivity index (χ0n) is 15.3. The van der Waals surface area contributed by atoms with E-state index in [0.29, 0.717) is 42.2 Å². The van der Waals surface area contributed by atoms with E-state index in [2.05, 4.69) is 35.2 Å². The SMILES string of the molecule is COCc1cc(-c2nc(-n3nccn3)ncc2COC)nc(-n2cccn2)n1. The highest BCUT2D eigenvalue weighted by Gasteiger charge is 2.16. The second-order valence-corrected chi connectivity index (χ2v) is 5.72. The quantitative estimate of drug-likeness (QED) is 0.463. The van der Waals surface area contributed by atoms with E-state index in [4.69, 9.17) is 9.47 Å². The summed E-state index contributed by atoms with van der Waals surface area (Å²) in [4.78, 5) is 19.4. The van der Waals surface area contributed by atoms with Crippen molar-refractivity contribution in [3.05, 3.63) is 54.4 Å². The van der Waals surface area contributed by atoms with Gasteiger partial charge in [-0.3, -0.25) is 0 Å². The molecule has 0 aromatic carbocycles. The predicted molar refractivity (Wildman–Crippen MR) is 96.5 cm³/mol. The summed E-state index contributed by atoms with van der Waals surface area (Å²) in [5.74, 6) is 0.739. The van der Waals surface area contributed by atoms with Crippen molar-refractivity contribution in [3.8, 4) is 23.3 Å². The van der Waals surface area contributed by atoms with Crippen LogP contribution < -0.4 is 0 Å². The van der Waals surface area contributed by atoms with E-state index in [1.54, 1.807) is 56.0 Å². The maximum Gasteiger partial charge on any atom is 0.269 e.